The van der Waals surface area contributed by atoms with Crippen LogP contribution >= 0.6 is 22.6 Å². The van der Waals surface area contributed by atoms with E-state index in [2.05, 4.69) is 90.3 Å². The Morgan fingerprint density at radius 1 is 0.957 bits per heavy atom. The van der Waals surface area contributed by atoms with Crippen LogP contribution in [0.4, 0.5) is 0 Å². The zero-order valence-electron chi connectivity index (χ0n) is 14.0. The molecule has 0 radical (unpaired) electrons. The smallest absolute Gasteiger partial charge is 0.217 e. The molecule has 0 aliphatic rings. The summed E-state index contributed by atoms with van der Waals surface area (Å²) in [5, 5.41) is 3.12. The standard InChI is InChI=1S/C20H24INO/c1-14-4-8-17(9-5-14)19(13-21)12-20(22-16(3)23)18-10-6-15(2)7-11-18/h4-11,19-20H,12-13H2,1-3H3,(H,22,23). The predicted octanol–water partition coefficient (Wildman–Crippen LogP) is 5.09. The third-order valence-corrected chi connectivity index (χ3v) is 5.18. The Kier molecular flexibility index (Phi) is 6.63. The van der Waals surface area contributed by atoms with Crippen LogP contribution in [0.15, 0.2) is 48.5 Å². The first kappa shape index (κ1) is 18.0. The third kappa shape index (κ3) is 5.34. The number of hydrogen-bond acceptors (Lipinski definition) is 1. The number of rotatable bonds is 6. The van der Waals surface area contributed by atoms with Crippen molar-refractivity contribution in [3.63, 3.8) is 0 Å². The predicted molar refractivity (Wildman–Crippen MR) is 105 cm³/mol. The highest BCUT2D eigenvalue weighted by Crippen LogP contribution is 2.30. The maximum absolute atomic E-state index is 11.6. The number of alkyl halides is 1. The van der Waals surface area contributed by atoms with Crippen LogP contribution in [0.2, 0.25) is 0 Å². The molecule has 0 fully saturated rings. The second kappa shape index (κ2) is 8.48. The van der Waals surface area contributed by atoms with E-state index in [1.165, 1.54) is 22.3 Å². The maximum atomic E-state index is 11.6. The number of carbonyl (C=O) groups is 1. The lowest BCUT2D eigenvalue weighted by Crippen LogP contribution is -2.27. The molecule has 23 heavy (non-hydrogen) atoms. The van der Waals surface area contributed by atoms with Crippen molar-refractivity contribution in [1.29, 1.82) is 0 Å². The fourth-order valence-corrected chi connectivity index (χ4v) is 3.60. The second-order valence-corrected chi connectivity index (χ2v) is 7.04. The average molecular weight is 421 g/mol. The van der Waals surface area contributed by atoms with Gasteiger partial charge in [-0.3, -0.25) is 4.79 Å². The number of hydrogen-bond donors (Lipinski definition) is 1. The van der Waals surface area contributed by atoms with Gasteiger partial charge in [-0.15, -0.1) is 0 Å². The monoisotopic (exact) mass is 421 g/mol. The van der Waals surface area contributed by atoms with Crippen molar-refractivity contribution in [2.75, 3.05) is 4.43 Å². The molecule has 0 heterocycles. The van der Waals surface area contributed by atoms with Crippen molar-refractivity contribution in [2.45, 2.75) is 39.2 Å². The number of aryl methyl sites for hydroxylation is 2. The Labute approximate surface area is 152 Å². The van der Waals surface area contributed by atoms with Gasteiger partial charge in [-0.25, -0.2) is 0 Å². The van der Waals surface area contributed by atoms with Crippen LogP contribution in [0.1, 0.15) is 47.6 Å². The van der Waals surface area contributed by atoms with Crippen molar-refractivity contribution in [2.24, 2.45) is 0 Å². The molecular formula is C20H24INO. The largest absolute Gasteiger partial charge is 0.350 e. The number of benzene rings is 2. The quantitative estimate of drug-likeness (QED) is 0.511. The van der Waals surface area contributed by atoms with Gasteiger partial charge in [-0.2, -0.15) is 0 Å². The van der Waals surface area contributed by atoms with Gasteiger partial charge in [-0.1, -0.05) is 82.2 Å². The van der Waals surface area contributed by atoms with E-state index in [0.717, 1.165) is 10.8 Å². The molecule has 2 unspecified atom stereocenters. The first-order chi connectivity index (χ1) is 11.0. The summed E-state index contributed by atoms with van der Waals surface area (Å²) in [6, 6.07) is 17.2. The summed E-state index contributed by atoms with van der Waals surface area (Å²) in [5.41, 5.74) is 5.03. The Bertz CT molecular complexity index is 634. The van der Waals surface area contributed by atoms with Crippen LogP contribution < -0.4 is 5.32 Å². The van der Waals surface area contributed by atoms with Gasteiger partial charge < -0.3 is 5.32 Å². The minimum absolute atomic E-state index is 0.0201. The molecule has 122 valence electrons. The zero-order chi connectivity index (χ0) is 16.8. The minimum Gasteiger partial charge on any atom is -0.350 e. The summed E-state index contributed by atoms with van der Waals surface area (Å²) < 4.78 is 1.03. The summed E-state index contributed by atoms with van der Waals surface area (Å²) in [7, 11) is 0. The second-order valence-electron chi connectivity index (χ2n) is 6.16. The molecule has 0 bridgehead atoms. The van der Waals surface area contributed by atoms with E-state index in [0.29, 0.717) is 5.92 Å². The zero-order valence-corrected chi connectivity index (χ0v) is 16.1. The number of halogens is 1. The summed E-state index contributed by atoms with van der Waals surface area (Å²) in [5.74, 6) is 0.445. The van der Waals surface area contributed by atoms with Crippen LogP contribution in [0.5, 0.6) is 0 Å². The van der Waals surface area contributed by atoms with Gasteiger partial charge in [0.1, 0.15) is 0 Å². The SMILES string of the molecule is CC(=O)NC(CC(CI)c1ccc(C)cc1)c1ccc(C)cc1. The molecule has 3 heteroatoms. The van der Waals surface area contributed by atoms with Crippen molar-refractivity contribution in [3.05, 3.63) is 70.8 Å². The van der Waals surface area contributed by atoms with Gasteiger partial charge in [0.15, 0.2) is 0 Å². The van der Waals surface area contributed by atoms with Gasteiger partial charge in [-0.05, 0) is 37.3 Å². The van der Waals surface area contributed by atoms with E-state index in [1.54, 1.807) is 6.92 Å². The van der Waals surface area contributed by atoms with E-state index in [4.69, 9.17) is 0 Å². The molecule has 0 aliphatic carbocycles. The topological polar surface area (TPSA) is 29.1 Å². The van der Waals surface area contributed by atoms with E-state index in [1.807, 2.05) is 0 Å². The van der Waals surface area contributed by atoms with Gasteiger partial charge in [0.25, 0.3) is 0 Å². The van der Waals surface area contributed by atoms with Gasteiger partial charge in [0.05, 0.1) is 6.04 Å². The van der Waals surface area contributed by atoms with Crippen molar-refractivity contribution in [3.8, 4) is 0 Å². The third-order valence-electron chi connectivity index (χ3n) is 4.11. The lowest BCUT2D eigenvalue weighted by Gasteiger charge is -2.24. The Morgan fingerprint density at radius 2 is 1.43 bits per heavy atom. The molecule has 0 spiro atoms. The summed E-state index contributed by atoms with van der Waals surface area (Å²) >= 11 is 2.44. The molecule has 0 aliphatic heterocycles. The van der Waals surface area contributed by atoms with E-state index in [-0.39, 0.29) is 11.9 Å². The van der Waals surface area contributed by atoms with E-state index < -0.39 is 0 Å². The highest BCUT2D eigenvalue weighted by molar-refractivity contribution is 14.1. The molecule has 1 amide bonds. The van der Waals surface area contributed by atoms with Crippen molar-refractivity contribution < 1.29 is 4.79 Å². The average Bonchev–Trinajstić information content (AvgIpc) is 2.53. The summed E-state index contributed by atoms with van der Waals surface area (Å²) in [6.45, 7) is 5.78. The fraction of sp³-hybridized carbons (Fsp3) is 0.350. The van der Waals surface area contributed by atoms with E-state index >= 15 is 0 Å². The Balaban J connectivity index is 2.22. The van der Waals surface area contributed by atoms with Crippen LogP contribution in [-0.2, 0) is 4.79 Å². The number of nitrogens with one attached hydrogen (secondary N) is 1. The first-order valence-electron chi connectivity index (χ1n) is 7.95. The Hall–Kier alpha value is -1.36. The normalized spacial score (nSPS) is 13.4. The first-order valence-corrected chi connectivity index (χ1v) is 9.48. The molecule has 0 saturated heterocycles. The van der Waals surface area contributed by atoms with Crippen LogP contribution in [0.25, 0.3) is 0 Å². The lowest BCUT2D eigenvalue weighted by atomic mass is 9.90. The van der Waals surface area contributed by atoms with Crippen LogP contribution in [0, 0.1) is 13.8 Å². The molecule has 2 nitrogen and oxygen atoms in total. The molecular weight excluding hydrogens is 397 g/mol. The number of amides is 1. The van der Waals surface area contributed by atoms with Crippen molar-refractivity contribution >= 4 is 28.5 Å². The lowest BCUT2D eigenvalue weighted by molar-refractivity contribution is -0.119. The van der Waals surface area contributed by atoms with Gasteiger partial charge in [0.2, 0.25) is 5.91 Å². The molecule has 1 N–H and O–H groups in total. The molecule has 2 aromatic rings. The Morgan fingerprint density at radius 3 is 1.87 bits per heavy atom. The fourth-order valence-electron chi connectivity index (χ4n) is 2.73. The summed E-state index contributed by atoms with van der Waals surface area (Å²) in [6.07, 6.45) is 0.911. The molecule has 0 saturated carbocycles. The van der Waals surface area contributed by atoms with Crippen LogP contribution in [-0.4, -0.2) is 10.3 Å². The molecule has 2 aromatic carbocycles. The highest BCUT2D eigenvalue weighted by atomic mass is 127. The van der Waals surface area contributed by atoms with Gasteiger partial charge in [0, 0.05) is 11.4 Å². The minimum atomic E-state index is 0.0201. The molecule has 2 rings (SSSR count). The summed E-state index contributed by atoms with van der Waals surface area (Å²) in [4.78, 5) is 11.6. The van der Waals surface area contributed by atoms with E-state index in [9.17, 15) is 4.79 Å². The molecule has 0 aromatic heterocycles. The maximum Gasteiger partial charge on any atom is 0.217 e. The van der Waals surface area contributed by atoms with Crippen LogP contribution in [0.3, 0.4) is 0 Å². The van der Waals surface area contributed by atoms with Crippen molar-refractivity contribution in [1.82, 2.24) is 5.32 Å². The number of carbonyl (C=O) groups excluding carboxylic acids is 1. The van der Waals surface area contributed by atoms with Gasteiger partial charge >= 0.3 is 0 Å². The highest BCUT2D eigenvalue weighted by Gasteiger charge is 2.19. The molecule has 2 atom stereocenters.